The number of imidazole rings is 1. The third-order valence-corrected chi connectivity index (χ3v) is 4.15. The molecule has 0 spiro atoms. The highest BCUT2D eigenvalue weighted by Crippen LogP contribution is 2.25. The lowest BCUT2D eigenvalue weighted by Crippen LogP contribution is -2.26. The number of amidine groups is 1. The Bertz CT molecular complexity index is 635. The van der Waals surface area contributed by atoms with Crippen LogP contribution in [-0.2, 0) is 6.42 Å². The van der Waals surface area contributed by atoms with Crippen LogP contribution in [0.5, 0.6) is 0 Å². The second kappa shape index (κ2) is 6.63. The van der Waals surface area contributed by atoms with Crippen molar-refractivity contribution in [2.75, 3.05) is 23.7 Å². The molecule has 2 rings (SSSR count). The molecule has 0 unspecified atom stereocenters. The van der Waals surface area contributed by atoms with Crippen molar-refractivity contribution < 1.29 is 0 Å². The summed E-state index contributed by atoms with van der Waals surface area (Å²) >= 11 is 5.01. The Balaban J connectivity index is 2.61. The van der Waals surface area contributed by atoms with Gasteiger partial charge < -0.3 is 4.90 Å². The molecule has 4 nitrogen and oxygen atoms in total. The predicted molar refractivity (Wildman–Crippen MR) is 92.5 cm³/mol. The Morgan fingerprint density at radius 3 is 2.85 bits per heavy atom. The van der Waals surface area contributed by atoms with Crippen LogP contribution < -0.4 is 4.90 Å². The van der Waals surface area contributed by atoms with E-state index in [0.717, 1.165) is 28.7 Å². The summed E-state index contributed by atoms with van der Waals surface area (Å²) in [5, 5.41) is 0.972. The molecule has 6 heteroatoms. The fourth-order valence-corrected chi connectivity index (χ4v) is 3.19. The van der Waals surface area contributed by atoms with Gasteiger partial charge in [0, 0.05) is 13.2 Å². The van der Waals surface area contributed by atoms with Crippen LogP contribution in [0.1, 0.15) is 18.2 Å². The molecule has 0 saturated carbocycles. The summed E-state index contributed by atoms with van der Waals surface area (Å²) in [6, 6.07) is 4.15. The summed E-state index contributed by atoms with van der Waals surface area (Å²) in [5.74, 6) is 1.10. The van der Waals surface area contributed by atoms with Gasteiger partial charge in [0.2, 0.25) is 0 Å². The lowest BCUT2D eigenvalue weighted by molar-refractivity contribution is 1.03. The molecule has 0 aliphatic heterocycles. The smallest absolute Gasteiger partial charge is 0.165 e. The fraction of sp³-hybridized carbons (Fsp3) is 0.429. The minimum atomic E-state index is 0.602. The minimum absolute atomic E-state index is 0.602. The van der Waals surface area contributed by atoms with Gasteiger partial charge in [-0.2, -0.15) is 0 Å². The summed E-state index contributed by atoms with van der Waals surface area (Å²) in [6.45, 7) is 4.23. The maximum absolute atomic E-state index is 4.72. The zero-order chi connectivity index (χ0) is 14.7. The molecule has 0 saturated heterocycles. The number of fused-ring (bicyclic) bond motifs is 1. The number of pyridine rings is 1. The number of halogens is 1. The standard InChI is InChI=1S/C14H19BrN4S/c1-5-11-13(18(3)14(20-4)16-9-15)19-8-10(2)6-7-12(19)17-11/h6-8H,5,9H2,1-4H3. The van der Waals surface area contributed by atoms with Gasteiger partial charge in [-0.25, -0.2) is 4.98 Å². The number of thioether (sulfide) groups is 1. The Morgan fingerprint density at radius 2 is 2.25 bits per heavy atom. The van der Waals surface area contributed by atoms with Gasteiger partial charge in [-0.15, -0.1) is 0 Å². The Labute approximate surface area is 132 Å². The number of anilines is 1. The van der Waals surface area contributed by atoms with Crippen molar-refractivity contribution in [1.82, 2.24) is 9.38 Å². The molecule has 20 heavy (non-hydrogen) atoms. The second-order valence-electron chi connectivity index (χ2n) is 4.49. The first-order valence-corrected chi connectivity index (χ1v) is 8.82. The van der Waals surface area contributed by atoms with Crippen LogP contribution in [-0.4, -0.2) is 33.3 Å². The van der Waals surface area contributed by atoms with E-state index in [1.807, 2.05) is 13.3 Å². The average Bonchev–Trinajstić information content (AvgIpc) is 2.81. The van der Waals surface area contributed by atoms with Gasteiger partial charge in [0.05, 0.1) is 11.1 Å². The zero-order valence-corrected chi connectivity index (χ0v) is 14.6. The maximum atomic E-state index is 4.72. The van der Waals surface area contributed by atoms with Crippen molar-refractivity contribution in [2.24, 2.45) is 4.99 Å². The third-order valence-electron chi connectivity index (χ3n) is 3.13. The molecule has 2 aromatic heterocycles. The average molecular weight is 355 g/mol. The van der Waals surface area contributed by atoms with Gasteiger partial charge in [-0.05, 0) is 31.2 Å². The number of hydrogen-bond donors (Lipinski definition) is 0. The van der Waals surface area contributed by atoms with Crippen LogP contribution in [0.2, 0.25) is 0 Å². The van der Waals surface area contributed by atoms with Crippen LogP contribution >= 0.6 is 27.7 Å². The zero-order valence-electron chi connectivity index (χ0n) is 12.2. The number of hydrogen-bond acceptors (Lipinski definition) is 3. The summed E-state index contributed by atoms with van der Waals surface area (Å²) < 4.78 is 2.15. The molecule has 0 fully saturated rings. The van der Waals surface area contributed by atoms with Crippen LogP contribution in [0.15, 0.2) is 23.3 Å². The molecule has 0 aliphatic carbocycles. The molecule has 0 N–H and O–H groups in total. The van der Waals surface area contributed by atoms with E-state index in [2.05, 4.69) is 62.4 Å². The first kappa shape index (κ1) is 15.4. The summed E-state index contributed by atoms with van der Waals surface area (Å²) in [4.78, 5) is 11.3. The fourth-order valence-electron chi connectivity index (χ4n) is 2.23. The van der Waals surface area contributed by atoms with E-state index in [1.54, 1.807) is 11.8 Å². The van der Waals surface area contributed by atoms with E-state index in [1.165, 1.54) is 5.56 Å². The van der Waals surface area contributed by atoms with E-state index in [0.29, 0.717) is 5.45 Å². The van der Waals surface area contributed by atoms with E-state index >= 15 is 0 Å². The van der Waals surface area contributed by atoms with Gasteiger partial charge >= 0.3 is 0 Å². The Morgan fingerprint density at radius 1 is 1.50 bits per heavy atom. The van der Waals surface area contributed by atoms with Gasteiger partial charge in [0.15, 0.2) is 5.17 Å². The lowest BCUT2D eigenvalue weighted by atomic mass is 10.3. The van der Waals surface area contributed by atoms with Crippen LogP contribution in [0.3, 0.4) is 0 Å². The lowest BCUT2D eigenvalue weighted by Gasteiger charge is -2.20. The SMILES string of the molecule is CCc1nc2ccc(C)cn2c1N(C)C(=NCBr)SC. The van der Waals surface area contributed by atoms with E-state index in [4.69, 9.17) is 4.98 Å². The molecule has 2 heterocycles. The van der Waals surface area contributed by atoms with Crippen molar-refractivity contribution in [2.45, 2.75) is 20.3 Å². The second-order valence-corrected chi connectivity index (χ2v) is 5.77. The predicted octanol–water partition coefficient (Wildman–Crippen LogP) is 3.71. The maximum Gasteiger partial charge on any atom is 0.165 e. The highest BCUT2D eigenvalue weighted by molar-refractivity contribution is 9.09. The molecule has 2 aromatic rings. The number of alkyl halides is 1. The third kappa shape index (κ3) is 2.86. The van der Waals surface area contributed by atoms with Crippen molar-refractivity contribution in [1.29, 1.82) is 0 Å². The molecular formula is C14H19BrN4S. The molecular weight excluding hydrogens is 336 g/mol. The van der Waals surface area contributed by atoms with Gasteiger partial charge in [0.25, 0.3) is 0 Å². The van der Waals surface area contributed by atoms with Gasteiger partial charge in [0.1, 0.15) is 11.5 Å². The number of aliphatic imine (C=N–C) groups is 1. The Hall–Kier alpha value is -1.01. The normalized spacial score (nSPS) is 12.2. The van der Waals surface area contributed by atoms with Crippen molar-refractivity contribution in [3.05, 3.63) is 29.6 Å². The summed E-state index contributed by atoms with van der Waals surface area (Å²) in [5.41, 5.74) is 3.89. The molecule has 0 amide bonds. The van der Waals surface area contributed by atoms with E-state index in [9.17, 15) is 0 Å². The summed E-state index contributed by atoms with van der Waals surface area (Å²) in [7, 11) is 2.04. The molecule has 0 aliphatic rings. The minimum Gasteiger partial charge on any atom is -0.308 e. The van der Waals surface area contributed by atoms with Gasteiger partial charge in [-0.1, -0.05) is 40.7 Å². The number of rotatable bonds is 3. The number of aryl methyl sites for hydroxylation is 2. The highest BCUT2D eigenvalue weighted by Gasteiger charge is 2.18. The van der Waals surface area contributed by atoms with Crippen LogP contribution in [0.4, 0.5) is 5.82 Å². The quantitative estimate of drug-likeness (QED) is 0.364. The monoisotopic (exact) mass is 354 g/mol. The molecule has 0 bridgehead atoms. The van der Waals surface area contributed by atoms with Crippen LogP contribution in [0, 0.1) is 6.92 Å². The van der Waals surface area contributed by atoms with Gasteiger partial charge in [-0.3, -0.25) is 9.39 Å². The largest absolute Gasteiger partial charge is 0.308 e. The van der Waals surface area contributed by atoms with Crippen molar-refractivity contribution in [3.8, 4) is 0 Å². The molecule has 0 atom stereocenters. The number of aromatic nitrogens is 2. The first-order valence-electron chi connectivity index (χ1n) is 6.48. The molecule has 0 aromatic carbocycles. The number of nitrogens with zero attached hydrogens (tertiary/aromatic N) is 4. The Kier molecular flexibility index (Phi) is 5.10. The van der Waals surface area contributed by atoms with E-state index in [-0.39, 0.29) is 0 Å². The van der Waals surface area contributed by atoms with Crippen LogP contribution in [0.25, 0.3) is 5.65 Å². The summed E-state index contributed by atoms with van der Waals surface area (Å²) in [6.07, 6.45) is 5.06. The molecule has 0 radical (unpaired) electrons. The van der Waals surface area contributed by atoms with Crippen molar-refractivity contribution in [3.63, 3.8) is 0 Å². The highest BCUT2D eigenvalue weighted by atomic mass is 79.9. The van der Waals surface area contributed by atoms with Crippen molar-refractivity contribution >= 4 is 44.3 Å². The molecule has 108 valence electrons. The first-order chi connectivity index (χ1) is 9.62. The van der Waals surface area contributed by atoms with E-state index < -0.39 is 0 Å². The topological polar surface area (TPSA) is 32.9 Å².